The maximum Gasteiger partial charge on any atom is 0.224 e. The number of hydrogen-bond donors (Lipinski definition) is 1. The third kappa shape index (κ3) is 4.86. The van der Waals surface area contributed by atoms with Crippen LogP contribution in [0.25, 0.3) is 5.69 Å². The Hall–Kier alpha value is -2.63. The zero-order chi connectivity index (χ0) is 21.0. The molecule has 0 aliphatic carbocycles. The van der Waals surface area contributed by atoms with Crippen molar-refractivity contribution in [3.8, 4) is 5.69 Å². The molecule has 1 aromatic heterocycles. The molecule has 3 aromatic rings. The summed E-state index contributed by atoms with van der Waals surface area (Å²) in [5.41, 5.74) is 4.82. The van der Waals surface area contributed by atoms with Gasteiger partial charge in [0.2, 0.25) is 5.91 Å². The average Bonchev–Trinajstić information content (AvgIpc) is 2.98. The van der Waals surface area contributed by atoms with Gasteiger partial charge in [-0.15, -0.1) is 0 Å². The Labute approximate surface area is 177 Å². The first kappa shape index (κ1) is 21.1. The van der Waals surface area contributed by atoms with E-state index >= 15 is 0 Å². The molecular formula is C23H27ClN4O. The van der Waals surface area contributed by atoms with Crippen LogP contribution in [-0.2, 0) is 11.2 Å². The van der Waals surface area contributed by atoms with Gasteiger partial charge in [-0.2, -0.15) is 5.10 Å². The molecule has 152 valence electrons. The van der Waals surface area contributed by atoms with E-state index in [-0.39, 0.29) is 11.9 Å². The van der Waals surface area contributed by atoms with Gasteiger partial charge in [0.1, 0.15) is 0 Å². The van der Waals surface area contributed by atoms with E-state index in [1.807, 2.05) is 87.2 Å². The van der Waals surface area contributed by atoms with Gasteiger partial charge in [-0.25, -0.2) is 4.68 Å². The van der Waals surface area contributed by atoms with Crippen LogP contribution in [0.15, 0.2) is 54.6 Å². The summed E-state index contributed by atoms with van der Waals surface area (Å²) in [7, 11) is 3.97. The molecule has 2 aromatic carbocycles. The highest BCUT2D eigenvalue weighted by molar-refractivity contribution is 6.31. The molecule has 3 rings (SSSR count). The van der Waals surface area contributed by atoms with E-state index in [1.54, 1.807) is 0 Å². The molecule has 0 bridgehead atoms. The Bertz CT molecular complexity index is 982. The number of carbonyl (C=O) groups is 1. The van der Waals surface area contributed by atoms with E-state index in [0.29, 0.717) is 18.0 Å². The fraction of sp³-hybridized carbons (Fsp3) is 0.304. The molecule has 1 unspecified atom stereocenters. The molecule has 1 amide bonds. The molecule has 1 N–H and O–H groups in total. The maximum atomic E-state index is 12.7. The highest BCUT2D eigenvalue weighted by Crippen LogP contribution is 2.25. The Morgan fingerprint density at radius 2 is 1.76 bits per heavy atom. The second-order valence-electron chi connectivity index (χ2n) is 7.38. The lowest BCUT2D eigenvalue weighted by Crippen LogP contribution is -2.35. The van der Waals surface area contributed by atoms with Crippen molar-refractivity contribution in [1.29, 1.82) is 0 Å². The fourth-order valence-electron chi connectivity index (χ4n) is 3.50. The molecule has 1 atom stereocenters. The monoisotopic (exact) mass is 410 g/mol. The van der Waals surface area contributed by atoms with Crippen LogP contribution in [0.4, 0.5) is 0 Å². The lowest BCUT2D eigenvalue weighted by atomic mass is 10.1. The zero-order valence-corrected chi connectivity index (χ0v) is 18.1. The minimum absolute atomic E-state index is 0.00175. The number of nitrogens with one attached hydrogen (secondary N) is 1. The highest BCUT2D eigenvalue weighted by Gasteiger charge is 2.20. The molecule has 0 spiro atoms. The summed E-state index contributed by atoms with van der Waals surface area (Å²) in [6, 6.07) is 17.7. The van der Waals surface area contributed by atoms with Crippen LogP contribution in [0, 0.1) is 13.8 Å². The van der Waals surface area contributed by atoms with E-state index in [1.165, 1.54) is 0 Å². The average molecular weight is 411 g/mol. The Morgan fingerprint density at radius 1 is 1.10 bits per heavy atom. The number of carbonyl (C=O) groups excluding carboxylic acids is 1. The normalized spacial score (nSPS) is 12.2. The van der Waals surface area contributed by atoms with Crippen molar-refractivity contribution in [1.82, 2.24) is 20.0 Å². The van der Waals surface area contributed by atoms with Gasteiger partial charge >= 0.3 is 0 Å². The quantitative estimate of drug-likeness (QED) is 0.637. The first-order valence-electron chi connectivity index (χ1n) is 9.66. The Kier molecular flexibility index (Phi) is 6.72. The van der Waals surface area contributed by atoms with Crippen molar-refractivity contribution in [2.75, 3.05) is 20.6 Å². The molecular weight excluding hydrogens is 384 g/mol. The summed E-state index contributed by atoms with van der Waals surface area (Å²) in [6.07, 6.45) is 0.299. The van der Waals surface area contributed by atoms with E-state index in [2.05, 4.69) is 15.3 Å². The van der Waals surface area contributed by atoms with Gasteiger partial charge in [-0.1, -0.05) is 48.0 Å². The number of rotatable bonds is 7. The summed E-state index contributed by atoms with van der Waals surface area (Å²) in [5.74, 6) is -0.0253. The third-order valence-electron chi connectivity index (χ3n) is 5.16. The van der Waals surface area contributed by atoms with Crippen molar-refractivity contribution in [3.63, 3.8) is 0 Å². The number of para-hydroxylation sites is 1. The summed E-state index contributed by atoms with van der Waals surface area (Å²) < 4.78 is 1.89. The standard InChI is InChI=1S/C23H27ClN4O/c1-16-20(17(2)28(26-16)18-10-6-5-7-11-18)14-23(29)25-15-22(27(3)4)19-12-8-9-13-21(19)24/h5-13,22H,14-15H2,1-4H3,(H,25,29). The van der Waals surface area contributed by atoms with Gasteiger partial charge < -0.3 is 10.2 Å². The molecule has 5 nitrogen and oxygen atoms in total. The molecule has 0 saturated carbocycles. The number of nitrogens with zero attached hydrogens (tertiary/aromatic N) is 3. The topological polar surface area (TPSA) is 50.2 Å². The first-order valence-corrected chi connectivity index (χ1v) is 10.0. The lowest BCUT2D eigenvalue weighted by molar-refractivity contribution is -0.120. The van der Waals surface area contributed by atoms with Gasteiger partial charge in [-0.05, 0) is 51.7 Å². The number of likely N-dealkylation sites (N-methyl/N-ethyl adjacent to an activating group) is 1. The minimum atomic E-state index is -0.0253. The Balaban J connectivity index is 1.71. The summed E-state index contributed by atoms with van der Waals surface area (Å²) in [6.45, 7) is 4.43. The number of aryl methyl sites for hydroxylation is 1. The van der Waals surface area contributed by atoms with Crippen molar-refractivity contribution >= 4 is 17.5 Å². The van der Waals surface area contributed by atoms with Gasteiger partial charge in [-0.3, -0.25) is 4.79 Å². The number of benzene rings is 2. The van der Waals surface area contributed by atoms with Crippen molar-refractivity contribution in [2.45, 2.75) is 26.3 Å². The van der Waals surface area contributed by atoms with Crippen molar-refractivity contribution < 1.29 is 4.79 Å². The number of halogens is 1. The van der Waals surface area contributed by atoms with E-state index < -0.39 is 0 Å². The summed E-state index contributed by atoms with van der Waals surface area (Å²) in [4.78, 5) is 14.8. The van der Waals surface area contributed by atoms with E-state index in [4.69, 9.17) is 11.6 Å². The van der Waals surface area contributed by atoms with Crippen LogP contribution < -0.4 is 5.32 Å². The van der Waals surface area contributed by atoms with Crippen LogP contribution in [0.2, 0.25) is 5.02 Å². The van der Waals surface area contributed by atoms with Gasteiger partial charge in [0.05, 0.1) is 23.8 Å². The van der Waals surface area contributed by atoms with Gasteiger partial charge in [0, 0.05) is 22.8 Å². The molecule has 0 radical (unpaired) electrons. The maximum absolute atomic E-state index is 12.7. The SMILES string of the molecule is Cc1nn(-c2ccccc2)c(C)c1CC(=O)NCC(c1ccccc1Cl)N(C)C. The van der Waals surface area contributed by atoms with Gasteiger partial charge in [0.25, 0.3) is 0 Å². The number of amides is 1. The summed E-state index contributed by atoms with van der Waals surface area (Å²) >= 11 is 6.36. The van der Waals surface area contributed by atoms with Crippen molar-refractivity contribution in [2.24, 2.45) is 0 Å². The summed E-state index contributed by atoms with van der Waals surface area (Å²) in [5, 5.41) is 8.40. The first-order chi connectivity index (χ1) is 13.9. The van der Waals surface area contributed by atoms with Crippen LogP contribution in [0.3, 0.4) is 0 Å². The molecule has 6 heteroatoms. The molecule has 0 saturated heterocycles. The predicted octanol–water partition coefficient (Wildman–Crippen LogP) is 4.10. The van der Waals surface area contributed by atoms with Crippen molar-refractivity contribution in [3.05, 3.63) is 82.1 Å². The van der Waals surface area contributed by atoms with Crippen LogP contribution in [-0.4, -0.2) is 41.2 Å². The zero-order valence-electron chi connectivity index (χ0n) is 17.3. The third-order valence-corrected chi connectivity index (χ3v) is 5.50. The number of hydrogen-bond acceptors (Lipinski definition) is 3. The van der Waals surface area contributed by atoms with E-state index in [9.17, 15) is 4.79 Å². The fourth-order valence-corrected chi connectivity index (χ4v) is 3.76. The smallest absolute Gasteiger partial charge is 0.224 e. The van der Waals surface area contributed by atoms with Crippen LogP contribution in [0.5, 0.6) is 0 Å². The Morgan fingerprint density at radius 3 is 2.41 bits per heavy atom. The molecule has 0 aliphatic heterocycles. The van der Waals surface area contributed by atoms with E-state index in [0.717, 1.165) is 28.2 Å². The minimum Gasteiger partial charge on any atom is -0.354 e. The molecule has 29 heavy (non-hydrogen) atoms. The number of aromatic nitrogens is 2. The second-order valence-corrected chi connectivity index (χ2v) is 7.79. The second kappa shape index (κ2) is 9.25. The lowest BCUT2D eigenvalue weighted by Gasteiger charge is -2.26. The predicted molar refractivity (Wildman–Crippen MR) is 118 cm³/mol. The molecule has 0 fully saturated rings. The van der Waals surface area contributed by atoms with Crippen LogP contribution in [0.1, 0.15) is 28.6 Å². The molecule has 0 aliphatic rings. The van der Waals surface area contributed by atoms with Gasteiger partial charge in [0.15, 0.2) is 0 Å². The van der Waals surface area contributed by atoms with Crippen LogP contribution >= 0.6 is 11.6 Å². The molecule has 1 heterocycles. The highest BCUT2D eigenvalue weighted by atomic mass is 35.5. The largest absolute Gasteiger partial charge is 0.354 e.